The Labute approximate surface area is 186 Å². The number of halogens is 1. The predicted molar refractivity (Wildman–Crippen MR) is 118 cm³/mol. The number of para-hydroxylation sites is 1. The maximum Gasteiger partial charge on any atom is 0.335 e. The van der Waals surface area contributed by atoms with Crippen molar-refractivity contribution in [2.45, 2.75) is 32.5 Å². The number of rotatable bonds is 9. The molecule has 1 aromatic heterocycles. The molecule has 0 saturated heterocycles. The van der Waals surface area contributed by atoms with E-state index in [1.807, 2.05) is 36.4 Å². The SMILES string of the molecule is CCC(C)(OCc1cc(-c2cc(OC)cc(OC)c2)n(-c2ccccc2Cl)n1)C(=O)O. The summed E-state index contributed by atoms with van der Waals surface area (Å²) in [6, 6.07) is 14.7. The fourth-order valence-corrected chi connectivity index (χ4v) is 3.23. The molecule has 0 spiro atoms. The molecule has 0 radical (unpaired) electrons. The summed E-state index contributed by atoms with van der Waals surface area (Å²) in [5.74, 6) is 0.241. The van der Waals surface area contributed by atoms with Gasteiger partial charge in [0.1, 0.15) is 11.5 Å². The van der Waals surface area contributed by atoms with E-state index in [0.29, 0.717) is 34.3 Å². The van der Waals surface area contributed by atoms with Crippen molar-refractivity contribution in [1.82, 2.24) is 9.78 Å². The minimum Gasteiger partial charge on any atom is -0.497 e. The predicted octanol–water partition coefficient (Wildman–Crippen LogP) is 4.98. The van der Waals surface area contributed by atoms with E-state index < -0.39 is 11.6 Å². The minimum absolute atomic E-state index is 0.0300. The molecule has 0 amide bonds. The zero-order chi connectivity index (χ0) is 22.6. The van der Waals surface area contributed by atoms with Gasteiger partial charge in [0.05, 0.1) is 42.9 Å². The summed E-state index contributed by atoms with van der Waals surface area (Å²) in [6.45, 7) is 3.35. The Morgan fingerprint density at radius 1 is 1.13 bits per heavy atom. The number of benzene rings is 2. The third-order valence-electron chi connectivity index (χ3n) is 5.15. The maximum atomic E-state index is 11.6. The average molecular weight is 445 g/mol. The van der Waals surface area contributed by atoms with Crippen LogP contribution in [0.3, 0.4) is 0 Å². The standard InChI is InChI=1S/C23H25ClN2O5/c1-5-23(2,22(27)28)31-14-16-12-21(15-10-17(29-3)13-18(11-15)30-4)26(25-16)20-9-7-6-8-19(20)24/h6-13H,5,14H2,1-4H3,(H,27,28). The highest BCUT2D eigenvalue weighted by atomic mass is 35.5. The van der Waals surface area contributed by atoms with Gasteiger partial charge in [-0.1, -0.05) is 30.7 Å². The average Bonchev–Trinajstić information content (AvgIpc) is 3.21. The van der Waals surface area contributed by atoms with Crippen molar-refractivity contribution in [3.05, 3.63) is 59.2 Å². The normalized spacial score (nSPS) is 12.9. The number of carboxylic acids is 1. The van der Waals surface area contributed by atoms with E-state index in [9.17, 15) is 9.90 Å². The molecule has 2 aromatic carbocycles. The molecule has 0 aliphatic heterocycles. The summed E-state index contributed by atoms with van der Waals surface area (Å²) >= 11 is 6.44. The van der Waals surface area contributed by atoms with E-state index in [1.165, 1.54) is 0 Å². The highest BCUT2D eigenvalue weighted by Crippen LogP contribution is 2.33. The summed E-state index contributed by atoms with van der Waals surface area (Å²) in [5, 5.41) is 14.7. The highest BCUT2D eigenvalue weighted by Gasteiger charge is 2.32. The summed E-state index contributed by atoms with van der Waals surface area (Å²) in [4.78, 5) is 11.6. The van der Waals surface area contributed by atoms with Crippen LogP contribution in [0.1, 0.15) is 26.0 Å². The smallest absolute Gasteiger partial charge is 0.335 e. The van der Waals surface area contributed by atoms with E-state index in [4.69, 9.17) is 25.8 Å². The van der Waals surface area contributed by atoms with Crippen molar-refractivity contribution in [2.24, 2.45) is 0 Å². The van der Waals surface area contributed by atoms with Crippen molar-refractivity contribution in [2.75, 3.05) is 14.2 Å². The molecule has 0 aliphatic carbocycles. The molecule has 7 nitrogen and oxygen atoms in total. The van der Waals surface area contributed by atoms with Crippen LogP contribution in [0.2, 0.25) is 5.02 Å². The van der Waals surface area contributed by atoms with Gasteiger partial charge in [-0.25, -0.2) is 9.48 Å². The number of aliphatic carboxylic acids is 1. The largest absolute Gasteiger partial charge is 0.497 e. The van der Waals surface area contributed by atoms with Gasteiger partial charge in [-0.2, -0.15) is 5.10 Å². The van der Waals surface area contributed by atoms with Crippen LogP contribution in [-0.4, -0.2) is 40.7 Å². The van der Waals surface area contributed by atoms with Gasteiger partial charge in [-0.05, 0) is 43.7 Å². The van der Waals surface area contributed by atoms with Gasteiger partial charge in [0.2, 0.25) is 0 Å². The molecule has 1 heterocycles. The van der Waals surface area contributed by atoms with Gasteiger partial charge in [0.15, 0.2) is 5.60 Å². The Morgan fingerprint density at radius 2 is 1.77 bits per heavy atom. The van der Waals surface area contributed by atoms with E-state index in [-0.39, 0.29) is 6.61 Å². The van der Waals surface area contributed by atoms with Crippen LogP contribution in [0.5, 0.6) is 11.5 Å². The van der Waals surface area contributed by atoms with Crippen LogP contribution in [0.15, 0.2) is 48.5 Å². The van der Waals surface area contributed by atoms with Crippen LogP contribution in [0.25, 0.3) is 16.9 Å². The summed E-state index contributed by atoms with van der Waals surface area (Å²) in [6.07, 6.45) is 0.327. The molecular formula is C23H25ClN2O5. The van der Waals surface area contributed by atoms with Gasteiger partial charge < -0.3 is 19.3 Å². The third-order valence-corrected chi connectivity index (χ3v) is 5.47. The van der Waals surface area contributed by atoms with E-state index in [1.54, 1.807) is 44.9 Å². The van der Waals surface area contributed by atoms with Crippen LogP contribution in [0.4, 0.5) is 0 Å². The van der Waals surface area contributed by atoms with Crippen LogP contribution in [0, 0.1) is 0 Å². The molecule has 31 heavy (non-hydrogen) atoms. The second-order valence-corrected chi connectivity index (χ2v) is 7.57. The number of ether oxygens (including phenoxy) is 3. The number of aromatic nitrogens is 2. The third kappa shape index (κ3) is 4.84. The lowest BCUT2D eigenvalue weighted by molar-refractivity contribution is -0.165. The molecular weight excluding hydrogens is 420 g/mol. The van der Waals surface area contributed by atoms with Crippen LogP contribution < -0.4 is 9.47 Å². The Balaban J connectivity index is 2.10. The van der Waals surface area contributed by atoms with Gasteiger partial charge in [-0.15, -0.1) is 0 Å². The molecule has 1 unspecified atom stereocenters. The first-order valence-electron chi connectivity index (χ1n) is 9.76. The van der Waals surface area contributed by atoms with Crippen molar-refractivity contribution in [1.29, 1.82) is 0 Å². The van der Waals surface area contributed by atoms with Crippen LogP contribution in [-0.2, 0) is 16.1 Å². The van der Waals surface area contributed by atoms with Crippen molar-refractivity contribution in [3.63, 3.8) is 0 Å². The Hall–Kier alpha value is -3.03. The maximum absolute atomic E-state index is 11.6. The molecule has 3 rings (SSSR count). The second-order valence-electron chi connectivity index (χ2n) is 7.16. The van der Waals surface area contributed by atoms with Gasteiger partial charge in [-0.3, -0.25) is 0 Å². The molecule has 0 aliphatic rings. The lowest BCUT2D eigenvalue weighted by atomic mass is 10.0. The topological polar surface area (TPSA) is 82.8 Å². The number of nitrogens with zero attached hydrogens (tertiary/aromatic N) is 2. The highest BCUT2D eigenvalue weighted by molar-refractivity contribution is 6.32. The number of hydrogen-bond acceptors (Lipinski definition) is 5. The Morgan fingerprint density at radius 3 is 2.32 bits per heavy atom. The minimum atomic E-state index is -1.30. The molecule has 164 valence electrons. The Bertz CT molecular complexity index is 1060. The quantitative estimate of drug-likeness (QED) is 0.501. The first-order chi connectivity index (χ1) is 14.8. The molecule has 1 N–H and O–H groups in total. The van der Waals surface area contributed by atoms with E-state index in [2.05, 4.69) is 5.10 Å². The Kier molecular flexibility index (Phi) is 6.87. The van der Waals surface area contributed by atoms with Crippen molar-refractivity contribution < 1.29 is 24.1 Å². The molecule has 0 saturated carbocycles. The lowest BCUT2D eigenvalue weighted by Gasteiger charge is -2.22. The number of carbonyl (C=O) groups is 1. The number of methoxy groups -OCH3 is 2. The zero-order valence-electron chi connectivity index (χ0n) is 17.9. The lowest BCUT2D eigenvalue weighted by Crippen LogP contribution is -2.37. The molecule has 1 atom stereocenters. The molecule has 8 heteroatoms. The number of hydrogen-bond donors (Lipinski definition) is 1. The van der Waals surface area contributed by atoms with Gasteiger partial charge >= 0.3 is 5.97 Å². The van der Waals surface area contributed by atoms with E-state index in [0.717, 1.165) is 11.3 Å². The fraction of sp³-hybridized carbons (Fsp3) is 0.304. The van der Waals surface area contributed by atoms with Gasteiger partial charge in [0, 0.05) is 11.6 Å². The van der Waals surface area contributed by atoms with Gasteiger partial charge in [0.25, 0.3) is 0 Å². The second kappa shape index (κ2) is 9.41. The monoisotopic (exact) mass is 444 g/mol. The zero-order valence-corrected chi connectivity index (χ0v) is 18.6. The van der Waals surface area contributed by atoms with E-state index >= 15 is 0 Å². The number of carboxylic acid groups (broad SMARTS) is 1. The van der Waals surface area contributed by atoms with Crippen LogP contribution >= 0.6 is 11.6 Å². The summed E-state index contributed by atoms with van der Waals surface area (Å²) < 4.78 is 18.2. The summed E-state index contributed by atoms with van der Waals surface area (Å²) in [5.41, 5.74) is 1.48. The van der Waals surface area contributed by atoms with Crippen molar-refractivity contribution in [3.8, 4) is 28.4 Å². The fourth-order valence-electron chi connectivity index (χ4n) is 3.02. The van der Waals surface area contributed by atoms with Crippen molar-refractivity contribution >= 4 is 17.6 Å². The molecule has 3 aromatic rings. The molecule has 0 bridgehead atoms. The molecule has 0 fully saturated rings. The first kappa shape index (κ1) is 22.7. The first-order valence-corrected chi connectivity index (χ1v) is 10.1. The summed E-state index contributed by atoms with van der Waals surface area (Å²) in [7, 11) is 3.17.